The van der Waals surface area contributed by atoms with Crippen LogP contribution in [-0.4, -0.2) is 13.1 Å². The van der Waals surface area contributed by atoms with Gasteiger partial charge in [-0.2, -0.15) is 0 Å². The maximum Gasteiger partial charge on any atom is 0.137 e. The molecule has 1 N–H and O–H groups in total. The SMILES string of the molecule is CNC(CCc1ccccc1C)Cc1cccc(F)c1Br. The maximum atomic E-state index is 13.6. The zero-order chi connectivity index (χ0) is 15.2. The molecule has 2 rings (SSSR count). The van der Waals surface area contributed by atoms with Crippen LogP contribution in [0.5, 0.6) is 0 Å². The second-order valence-corrected chi connectivity index (χ2v) is 6.16. The third-order valence-electron chi connectivity index (χ3n) is 3.93. The molecule has 3 heteroatoms. The second kappa shape index (κ2) is 7.71. The highest BCUT2D eigenvalue weighted by molar-refractivity contribution is 9.10. The van der Waals surface area contributed by atoms with E-state index in [0.29, 0.717) is 10.5 Å². The summed E-state index contributed by atoms with van der Waals surface area (Å²) < 4.78 is 14.2. The van der Waals surface area contributed by atoms with Gasteiger partial charge in [-0.3, -0.25) is 0 Å². The summed E-state index contributed by atoms with van der Waals surface area (Å²) in [5, 5.41) is 3.34. The summed E-state index contributed by atoms with van der Waals surface area (Å²) in [6.07, 6.45) is 2.89. The number of hydrogen-bond acceptors (Lipinski definition) is 1. The third-order valence-corrected chi connectivity index (χ3v) is 4.82. The average molecular weight is 350 g/mol. The van der Waals surface area contributed by atoms with E-state index >= 15 is 0 Å². The molecule has 0 aromatic heterocycles. The van der Waals surface area contributed by atoms with Crippen LogP contribution in [-0.2, 0) is 12.8 Å². The molecule has 0 saturated heterocycles. The smallest absolute Gasteiger partial charge is 0.137 e. The molecule has 0 aliphatic heterocycles. The molecule has 0 radical (unpaired) electrons. The van der Waals surface area contributed by atoms with Crippen LogP contribution in [0.3, 0.4) is 0 Å². The summed E-state index contributed by atoms with van der Waals surface area (Å²) in [5.41, 5.74) is 3.73. The van der Waals surface area contributed by atoms with E-state index in [9.17, 15) is 4.39 Å². The van der Waals surface area contributed by atoms with Gasteiger partial charge in [-0.05, 0) is 71.9 Å². The van der Waals surface area contributed by atoms with Crippen LogP contribution in [0.25, 0.3) is 0 Å². The summed E-state index contributed by atoms with van der Waals surface area (Å²) in [6, 6.07) is 14.0. The highest BCUT2D eigenvalue weighted by Crippen LogP contribution is 2.22. The van der Waals surface area contributed by atoms with Crippen LogP contribution in [0.4, 0.5) is 4.39 Å². The van der Waals surface area contributed by atoms with Gasteiger partial charge in [0.2, 0.25) is 0 Å². The summed E-state index contributed by atoms with van der Waals surface area (Å²) >= 11 is 3.34. The summed E-state index contributed by atoms with van der Waals surface area (Å²) in [6.45, 7) is 2.15. The molecule has 1 nitrogen and oxygen atoms in total. The molecule has 0 aliphatic rings. The van der Waals surface area contributed by atoms with E-state index < -0.39 is 0 Å². The molecule has 0 aliphatic carbocycles. The number of aryl methyl sites for hydroxylation is 2. The Morgan fingerprint density at radius 1 is 1.10 bits per heavy atom. The molecule has 0 bridgehead atoms. The van der Waals surface area contributed by atoms with Gasteiger partial charge < -0.3 is 5.32 Å². The van der Waals surface area contributed by atoms with Crippen molar-refractivity contribution in [1.82, 2.24) is 5.32 Å². The lowest BCUT2D eigenvalue weighted by atomic mass is 9.97. The summed E-state index contributed by atoms with van der Waals surface area (Å²) in [7, 11) is 1.97. The van der Waals surface area contributed by atoms with Crippen molar-refractivity contribution in [3.05, 3.63) is 69.4 Å². The van der Waals surface area contributed by atoms with Crippen molar-refractivity contribution < 1.29 is 4.39 Å². The molecule has 0 spiro atoms. The van der Waals surface area contributed by atoms with Crippen LogP contribution >= 0.6 is 15.9 Å². The number of halogens is 2. The lowest BCUT2D eigenvalue weighted by Crippen LogP contribution is -2.28. The van der Waals surface area contributed by atoms with Crippen molar-refractivity contribution in [1.29, 1.82) is 0 Å². The number of likely N-dealkylation sites (N-methyl/N-ethyl adjacent to an activating group) is 1. The average Bonchev–Trinajstić information content (AvgIpc) is 2.49. The largest absolute Gasteiger partial charge is 0.317 e. The third kappa shape index (κ3) is 4.39. The Morgan fingerprint density at radius 3 is 2.52 bits per heavy atom. The van der Waals surface area contributed by atoms with Crippen molar-refractivity contribution >= 4 is 15.9 Å². The minimum atomic E-state index is -0.193. The molecule has 0 saturated carbocycles. The van der Waals surface area contributed by atoms with E-state index in [2.05, 4.69) is 52.4 Å². The van der Waals surface area contributed by atoms with Gasteiger partial charge in [-0.1, -0.05) is 36.4 Å². The first-order valence-corrected chi connectivity index (χ1v) is 8.05. The van der Waals surface area contributed by atoms with Crippen LogP contribution in [0.2, 0.25) is 0 Å². The minimum Gasteiger partial charge on any atom is -0.317 e. The molecule has 1 unspecified atom stereocenters. The molecule has 1 atom stereocenters. The van der Waals surface area contributed by atoms with Gasteiger partial charge in [0.15, 0.2) is 0 Å². The zero-order valence-electron chi connectivity index (χ0n) is 12.5. The number of hydrogen-bond donors (Lipinski definition) is 1. The molecule has 21 heavy (non-hydrogen) atoms. The van der Waals surface area contributed by atoms with Crippen molar-refractivity contribution in [3.63, 3.8) is 0 Å². The fourth-order valence-corrected chi connectivity index (χ4v) is 2.97. The molecule has 2 aromatic rings. The standard InChI is InChI=1S/C18H21BrFN/c1-13-6-3-4-7-14(13)10-11-16(21-2)12-15-8-5-9-17(20)18(15)19/h3-9,16,21H,10-12H2,1-2H3. The molecular formula is C18H21BrFN. The van der Waals surface area contributed by atoms with Gasteiger partial charge in [-0.25, -0.2) is 4.39 Å². The van der Waals surface area contributed by atoms with Gasteiger partial charge >= 0.3 is 0 Å². The van der Waals surface area contributed by atoms with Crippen LogP contribution < -0.4 is 5.32 Å². The number of nitrogens with one attached hydrogen (secondary N) is 1. The van der Waals surface area contributed by atoms with Gasteiger partial charge in [0.25, 0.3) is 0 Å². The van der Waals surface area contributed by atoms with E-state index in [0.717, 1.165) is 24.8 Å². The van der Waals surface area contributed by atoms with E-state index in [4.69, 9.17) is 0 Å². The molecule has 112 valence electrons. The van der Waals surface area contributed by atoms with Gasteiger partial charge in [0.05, 0.1) is 4.47 Å². The highest BCUT2D eigenvalue weighted by Gasteiger charge is 2.12. The Balaban J connectivity index is 2.01. The molecule has 2 aromatic carbocycles. The fraction of sp³-hybridized carbons (Fsp3) is 0.333. The van der Waals surface area contributed by atoms with E-state index in [1.54, 1.807) is 6.07 Å². The molecule has 0 amide bonds. The number of benzene rings is 2. The summed E-state index contributed by atoms with van der Waals surface area (Å²) in [4.78, 5) is 0. The van der Waals surface area contributed by atoms with Crippen LogP contribution in [0.1, 0.15) is 23.1 Å². The van der Waals surface area contributed by atoms with Crippen LogP contribution in [0.15, 0.2) is 46.9 Å². The Labute approximate surface area is 134 Å². The molecule has 0 fully saturated rings. The predicted octanol–water partition coefficient (Wildman–Crippen LogP) is 4.66. The minimum absolute atomic E-state index is 0.193. The first-order valence-electron chi connectivity index (χ1n) is 7.26. The maximum absolute atomic E-state index is 13.6. The van der Waals surface area contributed by atoms with Gasteiger partial charge in [-0.15, -0.1) is 0 Å². The van der Waals surface area contributed by atoms with Gasteiger partial charge in [0.1, 0.15) is 5.82 Å². The second-order valence-electron chi connectivity index (χ2n) is 5.37. The van der Waals surface area contributed by atoms with Crippen molar-refractivity contribution in [2.24, 2.45) is 0 Å². The predicted molar refractivity (Wildman–Crippen MR) is 90.2 cm³/mol. The Hall–Kier alpha value is -1.19. The highest BCUT2D eigenvalue weighted by atomic mass is 79.9. The first kappa shape index (κ1) is 16.2. The first-order chi connectivity index (χ1) is 10.1. The fourth-order valence-electron chi connectivity index (χ4n) is 2.54. The van der Waals surface area contributed by atoms with Gasteiger partial charge in [0, 0.05) is 6.04 Å². The van der Waals surface area contributed by atoms with E-state index in [1.165, 1.54) is 17.2 Å². The van der Waals surface area contributed by atoms with Crippen molar-refractivity contribution in [2.75, 3.05) is 7.05 Å². The van der Waals surface area contributed by atoms with Crippen molar-refractivity contribution in [2.45, 2.75) is 32.2 Å². The monoisotopic (exact) mass is 349 g/mol. The zero-order valence-corrected chi connectivity index (χ0v) is 14.1. The van der Waals surface area contributed by atoms with E-state index in [-0.39, 0.29) is 5.82 Å². The Bertz CT molecular complexity index is 598. The Morgan fingerprint density at radius 2 is 1.81 bits per heavy atom. The normalized spacial score (nSPS) is 12.4. The Kier molecular flexibility index (Phi) is 5.95. The summed E-state index contributed by atoms with van der Waals surface area (Å²) in [5.74, 6) is -0.193. The topological polar surface area (TPSA) is 12.0 Å². The van der Waals surface area contributed by atoms with Crippen molar-refractivity contribution in [3.8, 4) is 0 Å². The van der Waals surface area contributed by atoms with Crippen LogP contribution in [0, 0.1) is 12.7 Å². The lowest BCUT2D eigenvalue weighted by molar-refractivity contribution is 0.516. The molecule has 0 heterocycles. The number of rotatable bonds is 6. The quantitative estimate of drug-likeness (QED) is 0.799. The van der Waals surface area contributed by atoms with E-state index in [1.807, 2.05) is 13.1 Å². The lowest BCUT2D eigenvalue weighted by Gasteiger charge is -2.18. The molecular weight excluding hydrogens is 329 g/mol.